The number of anilines is 2. The van der Waals surface area contributed by atoms with Crippen LogP contribution in [-0.2, 0) is 13.1 Å². The van der Waals surface area contributed by atoms with Crippen LogP contribution in [0.25, 0.3) is 45.0 Å². The Balaban J connectivity index is 0.000000193. The molecule has 0 saturated carbocycles. The van der Waals surface area contributed by atoms with Crippen molar-refractivity contribution < 1.29 is 14.6 Å². The molecule has 9 nitrogen and oxygen atoms in total. The van der Waals surface area contributed by atoms with E-state index in [4.69, 9.17) is 49.2 Å². The third kappa shape index (κ3) is 12.8. The molecule has 12 heteroatoms. The fraction of sp³-hybridized carbons (Fsp3) is 0.0690. The molecule has 4 heterocycles. The van der Waals surface area contributed by atoms with Gasteiger partial charge in [-0.3, -0.25) is 0 Å². The fourth-order valence-electron chi connectivity index (χ4n) is 7.72. The summed E-state index contributed by atoms with van der Waals surface area (Å²) in [6.45, 7) is 3.06. The van der Waals surface area contributed by atoms with Gasteiger partial charge >= 0.3 is 0 Å². The highest BCUT2D eigenvalue weighted by atomic mass is 35.5. The van der Waals surface area contributed by atoms with Crippen LogP contribution >= 0.6 is 35.6 Å². The Hall–Kier alpha value is -7.79. The number of para-hydroxylation sites is 2. The van der Waals surface area contributed by atoms with Gasteiger partial charge in [-0.05, 0) is 152 Å². The Morgan fingerprint density at radius 1 is 0.414 bits per heavy atom. The maximum atomic E-state index is 7.57. The van der Waals surface area contributed by atoms with Crippen molar-refractivity contribution in [1.29, 1.82) is 0 Å². The average molecular weight is 986 g/mol. The van der Waals surface area contributed by atoms with E-state index >= 15 is 0 Å². The smallest absolute Gasteiger partial charge is 0.127 e. The standard InChI is InChI=1S/2C28H22ClN3O.C2H6O.ClH/c2*29-25-11-5-4-10-24(25)27-18-17-26(32(27)19-21-7-6-12-28(30)31-21)20-13-15-23(16-14-20)33-22-8-2-1-3-9-22;1-2-3;/h2*1-18H,19H2,(H2,30,31);3H,2H2,1H3;1H. The van der Waals surface area contributed by atoms with Crippen molar-refractivity contribution in [1.82, 2.24) is 19.1 Å². The van der Waals surface area contributed by atoms with E-state index in [1.54, 1.807) is 19.1 Å². The van der Waals surface area contributed by atoms with Gasteiger partial charge in [0, 0.05) is 39.2 Å². The van der Waals surface area contributed by atoms with Crippen LogP contribution in [0.15, 0.2) is 218 Å². The van der Waals surface area contributed by atoms with E-state index in [1.165, 1.54) is 0 Å². The monoisotopic (exact) mass is 984 g/mol. The van der Waals surface area contributed by atoms with E-state index in [0.717, 1.165) is 79.4 Å². The number of nitrogens with two attached hydrogens (primary N) is 2. The second-order valence-electron chi connectivity index (χ2n) is 15.6. The Morgan fingerprint density at radius 3 is 1.10 bits per heavy atom. The lowest BCUT2D eigenvalue weighted by atomic mass is 10.1. The van der Waals surface area contributed by atoms with E-state index in [2.05, 4.69) is 67.6 Å². The molecule has 0 aliphatic rings. The summed E-state index contributed by atoms with van der Waals surface area (Å²) in [6, 6.07) is 71.2. The van der Waals surface area contributed by atoms with Gasteiger partial charge in [0.15, 0.2) is 0 Å². The number of ether oxygens (including phenoxy) is 2. The highest BCUT2D eigenvalue weighted by Gasteiger charge is 2.17. The first-order valence-electron chi connectivity index (χ1n) is 22.4. The molecule has 4 aromatic heterocycles. The quantitative estimate of drug-likeness (QED) is 0.111. The fourth-order valence-corrected chi connectivity index (χ4v) is 8.19. The molecule has 10 rings (SSSR count). The van der Waals surface area contributed by atoms with Crippen LogP contribution in [0.1, 0.15) is 18.3 Å². The minimum Gasteiger partial charge on any atom is -0.457 e. The van der Waals surface area contributed by atoms with E-state index in [-0.39, 0.29) is 19.0 Å². The molecule has 352 valence electrons. The summed E-state index contributed by atoms with van der Waals surface area (Å²) < 4.78 is 16.3. The zero-order valence-corrected chi connectivity index (χ0v) is 40.6. The summed E-state index contributed by atoms with van der Waals surface area (Å²) in [5, 5.41) is 8.98. The molecule has 0 bridgehead atoms. The van der Waals surface area contributed by atoms with E-state index in [9.17, 15) is 0 Å². The number of aliphatic hydroxyl groups is 1. The Morgan fingerprint density at radius 2 is 0.743 bits per heavy atom. The van der Waals surface area contributed by atoms with Crippen molar-refractivity contribution in [3.63, 3.8) is 0 Å². The van der Waals surface area contributed by atoms with Gasteiger partial charge in [0.25, 0.3) is 0 Å². The van der Waals surface area contributed by atoms with Gasteiger partial charge in [-0.15, -0.1) is 12.4 Å². The molecule has 0 aliphatic heterocycles. The van der Waals surface area contributed by atoms with E-state index in [1.807, 2.05) is 158 Å². The summed E-state index contributed by atoms with van der Waals surface area (Å²) in [4.78, 5) is 9.01. The summed E-state index contributed by atoms with van der Waals surface area (Å²) in [6.07, 6.45) is 0. The van der Waals surface area contributed by atoms with Crippen molar-refractivity contribution >= 4 is 47.2 Å². The maximum absolute atomic E-state index is 7.57. The molecule has 0 atom stereocenters. The lowest BCUT2D eigenvalue weighted by molar-refractivity contribution is 0.318. The largest absolute Gasteiger partial charge is 0.457 e. The minimum absolute atomic E-state index is 0. The van der Waals surface area contributed by atoms with Crippen molar-refractivity contribution in [2.24, 2.45) is 0 Å². The van der Waals surface area contributed by atoms with Gasteiger partial charge in [-0.1, -0.05) is 108 Å². The predicted molar refractivity (Wildman–Crippen MR) is 289 cm³/mol. The van der Waals surface area contributed by atoms with Crippen molar-refractivity contribution in [2.45, 2.75) is 20.0 Å². The number of nitrogens with zero attached hydrogens (tertiary/aromatic N) is 4. The maximum Gasteiger partial charge on any atom is 0.127 e. The first kappa shape index (κ1) is 50.1. The molecule has 70 heavy (non-hydrogen) atoms. The summed E-state index contributed by atoms with van der Waals surface area (Å²) in [5.74, 6) is 4.19. The lowest BCUT2D eigenvalue weighted by Gasteiger charge is -2.15. The zero-order chi connectivity index (χ0) is 48.0. The zero-order valence-electron chi connectivity index (χ0n) is 38.3. The molecular formula is C58H51Cl3N6O3. The Labute approximate surface area is 424 Å². The minimum atomic E-state index is 0. The molecule has 0 unspecified atom stereocenters. The molecule has 0 radical (unpaired) electrons. The number of halogens is 3. The second-order valence-corrected chi connectivity index (χ2v) is 16.5. The number of hydrogen-bond acceptors (Lipinski definition) is 7. The molecule has 0 aliphatic carbocycles. The molecule has 6 aromatic carbocycles. The third-order valence-corrected chi connectivity index (χ3v) is 11.5. The van der Waals surface area contributed by atoms with Crippen LogP contribution in [0.5, 0.6) is 23.0 Å². The average Bonchev–Trinajstić information content (AvgIpc) is 3.97. The molecular weight excluding hydrogens is 935 g/mol. The van der Waals surface area contributed by atoms with Crippen LogP contribution in [0.2, 0.25) is 10.0 Å². The third-order valence-electron chi connectivity index (χ3n) is 10.8. The molecule has 0 saturated heterocycles. The van der Waals surface area contributed by atoms with Gasteiger partial charge in [-0.2, -0.15) is 0 Å². The molecule has 0 fully saturated rings. The summed E-state index contributed by atoms with van der Waals surface area (Å²) in [7, 11) is 0. The molecule has 0 amide bonds. The normalized spacial score (nSPS) is 10.5. The van der Waals surface area contributed by atoms with Gasteiger partial charge < -0.3 is 35.2 Å². The molecule has 10 aromatic rings. The summed E-state index contributed by atoms with van der Waals surface area (Å²) in [5.41, 5.74) is 21.9. The van der Waals surface area contributed by atoms with Crippen LogP contribution in [0.3, 0.4) is 0 Å². The number of nitrogen functional groups attached to an aromatic ring is 2. The number of aromatic nitrogens is 4. The number of benzene rings is 6. The highest BCUT2D eigenvalue weighted by Crippen LogP contribution is 2.37. The first-order valence-corrected chi connectivity index (χ1v) is 23.1. The lowest BCUT2D eigenvalue weighted by Crippen LogP contribution is -2.06. The van der Waals surface area contributed by atoms with Crippen LogP contribution in [0.4, 0.5) is 11.6 Å². The first-order chi connectivity index (χ1) is 33.8. The van der Waals surface area contributed by atoms with E-state index < -0.39 is 0 Å². The van der Waals surface area contributed by atoms with E-state index in [0.29, 0.717) is 34.8 Å². The van der Waals surface area contributed by atoms with Crippen LogP contribution in [-0.4, -0.2) is 30.8 Å². The van der Waals surface area contributed by atoms with Crippen LogP contribution < -0.4 is 20.9 Å². The Kier molecular flexibility index (Phi) is 17.5. The van der Waals surface area contributed by atoms with Crippen LogP contribution in [0, 0.1) is 0 Å². The topological polar surface area (TPSA) is 126 Å². The van der Waals surface area contributed by atoms with Gasteiger partial charge in [0.05, 0.1) is 35.9 Å². The number of rotatable bonds is 12. The Bertz CT molecular complexity index is 3000. The van der Waals surface area contributed by atoms with Crippen molar-refractivity contribution in [2.75, 3.05) is 18.1 Å². The van der Waals surface area contributed by atoms with Gasteiger partial charge in [-0.25, -0.2) is 9.97 Å². The van der Waals surface area contributed by atoms with Gasteiger partial charge in [0.2, 0.25) is 0 Å². The molecule has 0 spiro atoms. The van der Waals surface area contributed by atoms with Crippen molar-refractivity contribution in [3.05, 3.63) is 240 Å². The summed E-state index contributed by atoms with van der Waals surface area (Å²) >= 11 is 13.1. The highest BCUT2D eigenvalue weighted by molar-refractivity contribution is 6.33. The number of aliphatic hydroxyl groups excluding tert-OH is 1. The predicted octanol–water partition coefficient (Wildman–Crippen LogP) is 15.0. The number of pyridine rings is 2. The van der Waals surface area contributed by atoms with Crippen molar-refractivity contribution in [3.8, 4) is 68.0 Å². The van der Waals surface area contributed by atoms with Gasteiger partial charge in [0.1, 0.15) is 34.6 Å². The molecule has 5 N–H and O–H groups in total. The number of hydrogen-bond donors (Lipinski definition) is 3. The SMILES string of the molecule is CCO.Cl.Nc1cccc(Cn2c(-c3ccc(Oc4ccccc4)cc3)ccc2-c2ccccc2Cl)n1.Nc1cccc(Cn2c(-c3ccc(Oc4ccccc4)cc3)ccc2-c2ccccc2Cl)n1. The second kappa shape index (κ2) is 24.5.